The topological polar surface area (TPSA) is 59.7 Å². The number of benzene rings is 1. The third kappa shape index (κ3) is 3.17. The molecule has 0 saturated carbocycles. The average Bonchev–Trinajstić information content (AvgIpc) is 2.80. The third-order valence-corrected chi connectivity index (χ3v) is 3.09. The zero-order valence-electron chi connectivity index (χ0n) is 10.5. The van der Waals surface area contributed by atoms with Crippen molar-refractivity contribution in [2.75, 3.05) is 0 Å². The van der Waals surface area contributed by atoms with E-state index in [0.717, 1.165) is 10.0 Å². The highest BCUT2D eigenvalue weighted by atomic mass is 79.9. The molecule has 0 fully saturated rings. The van der Waals surface area contributed by atoms with Crippen molar-refractivity contribution < 1.29 is 19.1 Å². The molecule has 0 saturated heterocycles. The quantitative estimate of drug-likeness (QED) is 0.888. The molecule has 0 aliphatic carbocycles. The van der Waals surface area contributed by atoms with Crippen LogP contribution in [0.15, 0.2) is 39.2 Å². The van der Waals surface area contributed by atoms with Crippen LogP contribution >= 0.6 is 15.9 Å². The van der Waals surface area contributed by atoms with Crippen molar-refractivity contribution in [2.24, 2.45) is 0 Å². The Bertz CT molecular complexity index is 601. The van der Waals surface area contributed by atoms with Crippen LogP contribution in [-0.2, 0) is 0 Å². The zero-order valence-corrected chi connectivity index (χ0v) is 12.1. The molecule has 0 atom stereocenters. The Kier molecular flexibility index (Phi) is 3.95. The maximum absolute atomic E-state index is 10.7. The van der Waals surface area contributed by atoms with Gasteiger partial charge in [-0.25, -0.2) is 4.79 Å². The number of aromatic carboxylic acids is 1. The first kappa shape index (κ1) is 13.7. The molecule has 0 radical (unpaired) electrons. The van der Waals surface area contributed by atoms with Gasteiger partial charge in [0, 0.05) is 10.5 Å². The van der Waals surface area contributed by atoms with Crippen LogP contribution in [0.4, 0.5) is 0 Å². The van der Waals surface area contributed by atoms with Gasteiger partial charge >= 0.3 is 5.97 Å². The molecule has 1 heterocycles. The van der Waals surface area contributed by atoms with Gasteiger partial charge in [0.05, 0.1) is 0 Å². The van der Waals surface area contributed by atoms with Crippen molar-refractivity contribution in [3.8, 4) is 11.7 Å². The molecule has 1 N–H and O–H groups in total. The second-order valence-corrected chi connectivity index (χ2v) is 5.28. The number of furan rings is 1. The molecular weight excluding hydrogens is 312 g/mol. The first-order valence-corrected chi connectivity index (χ1v) is 6.57. The van der Waals surface area contributed by atoms with Crippen LogP contribution in [0.2, 0.25) is 0 Å². The summed E-state index contributed by atoms with van der Waals surface area (Å²) < 4.78 is 11.7. The number of hydrogen-bond donors (Lipinski definition) is 1. The van der Waals surface area contributed by atoms with Crippen LogP contribution < -0.4 is 4.74 Å². The highest BCUT2D eigenvalue weighted by Crippen LogP contribution is 2.33. The van der Waals surface area contributed by atoms with Crippen LogP contribution in [0.25, 0.3) is 0 Å². The number of carbonyl (C=O) groups is 1. The Morgan fingerprint density at radius 3 is 2.63 bits per heavy atom. The molecule has 2 aromatic rings. The summed E-state index contributed by atoms with van der Waals surface area (Å²) in [4.78, 5) is 10.7. The molecule has 19 heavy (non-hydrogen) atoms. The lowest BCUT2D eigenvalue weighted by Crippen LogP contribution is -1.94. The van der Waals surface area contributed by atoms with Gasteiger partial charge in [-0.15, -0.1) is 0 Å². The van der Waals surface area contributed by atoms with Gasteiger partial charge < -0.3 is 14.3 Å². The van der Waals surface area contributed by atoms with Gasteiger partial charge in [0.15, 0.2) is 0 Å². The van der Waals surface area contributed by atoms with Gasteiger partial charge in [-0.1, -0.05) is 29.8 Å². The summed E-state index contributed by atoms with van der Waals surface area (Å²) in [6.45, 7) is 4.11. The SMILES string of the molecule is CC(C)c1cc(Br)ccc1Oc1ccc(C(=O)O)o1. The normalized spacial score (nSPS) is 10.7. The van der Waals surface area contributed by atoms with Crippen molar-refractivity contribution in [1.29, 1.82) is 0 Å². The summed E-state index contributed by atoms with van der Waals surface area (Å²) in [5, 5.41) is 8.79. The fraction of sp³-hybridized carbons (Fsp3) is 0.214. The van der Waals surface area contributed by atoms with Crippen LogP contribution in [0, 0.1) is 0 Å². The first-order chi connectivity index (χ1) is 8.97. The Labute approximate surface area is 119 Å². The van der Waals surface area contributed by atoms with Gasteiger partial charge in [0.2, 0.25) is 5.76 Å². The third-order valence-electron chi connectivity index (χ3n) is 2.60. The van der Waals surface area contributed by atoms with Crippen molar-refractivity contribution in [1.82, 2.24) is 0 Å². The first-order valence-electron chi connectivity index (χ1n) is 5.78. The number of halogens is 1. The second-order valence-electron chi connectivity index (χ2n) is 4.36. The van der Waals surface area contributed by atoms with Crippen LogP contribution in [-0.4, -0.2) is 11.1 Å². The largest absolute Gasteiger partial charge is 0.475 e. The summed E-state index contributed by atoms with van der Waals surface area (Å²) in [6.07, 6.45) is 0. The minimum absolute atomic E-state index is 0.141. The molecule has 0 amide bonds. The smallest absolute Gasteiger partial charge is 0.371 e. The highest BCUT2D eigenvalue weighted by Gasteiger charge is 2.13. The monoisotopic (exact) mass is 324 g/mol. The summed E-state index contributed by atoms with van der Waals surface area (Å²) >= 11 is 3.42. The fourth-order valence-corrected chi connectivity index (χ4v) is 2.04. The van der Waals surface area contributed by atoms with E-state index in [9.17, 15) is 4.79 Å². The van der Waals surface area contributed by atoms with Crippen molar-refractivity contribution in [3.63, 3.8) is 0 Å². The van der Waals surface area contributed by atoms with Crippen molar-refractivity contribution >= 4 is 21.9 Å². The Morgan fingerprint density at radius 2 is 2.05 bits per heavy atom. The van der Waals surface area contributed by atoms with E-state index in [0.29, 0.717) is 5.75 Å². The molecule has 2 rings (SSSR count). The average molecular weight is 325 g/mol. The van der Waals surface area contributed by atoms with Crippen molar-refractivity contribution in [2.45, 2.75) is 19.8 Å². The van der Waals surface area contributed by atoms with E-state index in [4.69, 9.17) is 14.3 Å². The fourth-order valence-electron chi connectivity index (χ4n) is 1.66. The minimum Gasteiger partial charge on any atom is -0.475 e. The molecule has 1 aromatic carbocycles. The van der Waals surface area contributed by atoms with Crippen LogP contribution in [0.5, 0.6) is 11.7 Å². The van der Waals surface area contributed by atoms with Crippen LogP contribution in [0.1, 0.15) is 35.9 Å². The van der Waals surface area contributed by atoms with E-state index in [1.165, 1.54) is 12.1 Å². The molecular formula is C14H13BrO4. The molecule has 0 aliphatic rings. The zero-order chi connectivity index (χ0) is 14.0. The van der Waals surface area contributed by atoms with Gasteiger partial charge in [0.25, 0.3) is 5.95 Å². The molecule has 5 heteroatoms. The Hall–Kier alpha value is -1.75. The summed E-state index contributed by atoms with van der Waals surface area (Å²) in [7, 11) is 0. The Balaban J connectivity index is 2.29. The number of carboxylic acid groups (broad SMARTS) is 1. The maximum atomic E-state index is 10.7. The molecule has 1 aromatic heterocycles. The summed E-state index contributed by atoms with van der Waals surface area (Å²) in [5.74, 6) is -0.152. The van der Waals surface area contributed by atoms with Gasteiger partial charge in [0.1, 0.15) is 5.75 Å². The van der Waals surface area contributed by atoms with Crippen molar-refractivity contribution in [3.05, 3.63) is 46.1 Å². The lowest BCUT2D eigenvalue weighted by Gasteiger charge is -2.12. The molecule has 0 bridgehead atoms. The number of ether oxygens (including phenoxy) is 1. The number of hydrogen-bond acceptors (Lipinski definition) is 3. The second kappa shape index (κ2) is 5.48. The standard InChI is InChI=1S/C14H13BrO4/c1-8(2)10-7-9(15)3-4-11(10)18-13-6-5-12(19-13)14(16)17/h3-8H,1-2H3,(H,16,17). The molecule has 0 unspecified atom stereocenters. The highest BCUT2D eigenvalue weighted by molar-refractivity contribution is 9.10. The van der Waals surface area contributed by atoms with Gasteiger partial charge in [-0.2, -0.15) is 0 Å². The van der Waals surface area contributed by atoms with E-state index < -0.39 is 5.97 Å². The maximum Gasteiger partial charge on any atom is 0.371 e. The molecule has 0 aliphatic heterocycles. The minimum atomic E-state index is -1.12. The molecule has 4 nitrogen and oxygen atoms in total. The Morgan fingerprint density at radius 1 is 1.32 bits per heavy atom. The lowest BCUT2D eigenvalue weighted by atomic mass is 10.0. The lowest BCUT2D eigenvalue weighted by molar-refractivity contribution is 0.0657. The van der Waals surface area contributed by atoms with E-state index in [2.05, 4.69) is 29.8 Å². The van der Waals surface area contributed by atoms with E-state index in [1.54, 1.807) is 0 Å². The van der Waals surface area contributed by atoms with Gasteiger partial charge in [-0.05, 0) is 35.7 Å². The number of rotatable bonds is 4. The number of carboxylic acids is 1. The van der Waals surface area contributed by atoms with Gasteiger partial charge in [-0.3, -0.25) is 0 Å². The van der Waals surface area contributed by atoms with E-state index in [-0.39, 0.29) is 17.6 Å². The molecule has 0 spiro atoms. The predicted molar refractivity (Wildman–Crippen MR) is 74.0 cm³/mol. The van der Waals surface area contributed by atoms with E-state index in [1.807, 2.05) is 18.2 Å². The summed E-state index contributed by atoms with van der Waals surface area (Å²) in [5.41, 5.74) is 1.02. The van der Waals surface area contributed by atoms with Crippen LogP contribution in [0.3, 0.4) is 0 Å². The molecule has 100 valence electrons. The predicted octanol–water partition coefficient (Wildman–Crippen LogP) is 4.66. The van der Waals surface area contributed by atoms with E-state index >= 15 is 0 Å². The summed E-state index contributed by atoms with van der Waals surface area (Å²) in [6, 6.07) is 8.52.